The molecule has 140 valence electrons. The van der Waals surface area contributed by atoms with Crippen molar-refractivity contribution in [1.29, 1.82) is 0 Å². The van der Waals surface area contributed by atoms with Gasteiger partial charge in [0.2, 0.25) is 0 Å². The standard InChI is InChI=1S/C20H34N4O/c1-6-12-23-13-10-18(11-14-23)22(5)20(25)17-8-9-19(21-15-17)24(7-2)16(3)4/h8-9,15-16,18H,6-7,10-14H2,1-5H3. The molecule has 0 radical (unpaired) electrons. The lowest BCUT2D eigenvalue weighted by Gasteiger charge is -2.36. The van der Waals surface area contributed by atoms with Crippen LogP contribution >= 0.6 is 0 Å². The van der Waals surface area contributed by atoms with Crippen LogP contribution in [0, 0.1) is 0 Å². The molecule has 1 aliphatic heterocycles. The van der Waals surface area contributed by atoms with E-state index in [1.807, 2.05) is 24.1 Å². The summed E-state index contributed by atoms with van der Waals surface area (Å²) in [6, 6.07) is 4.62. The van der Waals surface area contributed by atoms with E-state index in [0.717, 1.165) is 38.3 Å². The van der Waals surface area contributed by atoms with Crippen LogP contribution in [0.3, 0.4) is 0 Å². The first kappa shape index (κ1) is 19.7. The number of hydrogen-bond acceptors (Lipinski definition) is 4. The highest BCUT2D eigenvalue weighted by Crippen LogP contribution is 2.19. The van der Waals surface area contributed by atoms with Crippen LogP contribution in [0.5, 0.6) is 0 Å². The second kappa shape index (κ2) is 9.18. The molecular formula is C20H34N4O. The Hall–Kier alpha value is -1.62. The number of anilines is 1. The van der Waals surface area contributed by atoms with Crippen molar-refractivity contribution in [2.24, 2.45) is 0 Å². The topological polar surface area (TPSA) is 39.7 Å². The minimum Gasteiger partial charge on any atom is -0.354 e. The molecule has 1 aromatic rings. The number of rotatable bonds is 7. The predicted molar refractivity (Wildman–Crippen MR) is 104 cm³/mol. The molecule has 1 fully saturated rings. The first-order valence-electron chi connectivity index (χ1n) is 9.70. The number of piperidine rings is 1. The number of pyridine rings is 1. The first-order chi connectivity index (χ1) is 12.0. The monoisotopic (exact) mass is 346 g/mol. The summed E-state index contributed by atoms with van der Waals surface area (Å²) in [5.74, 6) is 1.02. The smallest absolute Gasteiger partial charge is 0.255 e. The molecule has 5 heteroatoms. The molecule has 0 atom stereocenters. The lowest BCUT2D eigenvalue weighted by Crippen LogP contribution is -2.45. The number of likely N-dealkylation sites (tertiary alicyclic amines) is 1. The minimum atomic E-state index is 0.0839. The third-order valence-corrected chi connectivity index (χ3v) is 5.22. The van der Waals surface area contributed by atoms with Gasteiger partial charge in [0.25, 0.3) is 5.91 Å². The summed E-state index contributed by atoms with van der Waals surface area (Å²) in [4.78, 5) is 24.0. The molecule has 0 spiro atoms. The second-order valence-electron chi connectivity index (χ2n) is 7.27. The molecule has 1 aromatic heterocycles. The van der Waals surface area contributed by atoms with E-state index in [1.54, 1.807) is 6.20 Å². The number of carbonyl (C=O) groups is 1. The first-order valence-corrected chi connectivity index (χ1v) is 9.70. The van der Waals surface area contributed by atoms with E-state index in [1.165, 1.54) is 13.0 Å². The molecule has 2 heterocycles. The lowest BCUT2D eigenvalue weighted by atomic mass is 10.0. The van der Waals surface area contributed by atoms with Crippen LogP contribution in [0.1, 0.15) is 57.3 Å². The van der Waals surface area contributed by atoms with Crippen molar-refractivity contribution in [1.82, 2.24) is 14.8 Å². The molecule has 0 unspecified atom stereocenters. The molecule has 1 saturated heterocycles. The van der Waals surface area contributed by atoms with E-state index in [9.17, 15) is 4.79 Å². The predicted octanol–water partition coefficient (Wildman–Crippen LogP) is 3.26. The van der Waals surface area contributed by atoms with Crippen LogP contribution in [0.15, 0.2) is 18.3 Å². The Balaban J connectivity index is 1.98. The Morgan fingerprint density at radius 1 is 1.28 bits per heavy atom. The van der Waals surface area contributed by atoms with Crippen LogP contribution < -0.4 is 4.90 Å². The van der Waals surface area contributed by atoms with Gasteiger partial charge in [-0.2, -0.15) is 0 Å². The molecule has 0 aliphatic carbocycles. The van der Waals surface area contributed by atoms with E-state index < -0.39 is 0 Å². The number of carbonyl (C=O) groups excluding carboxylic acids is 1. The Kier molecular flexibility index (Phi) is 7.24. The van der Waals surface area contributed by atoms with E-state index in [4.69, 9.17) is 0 Å². The van der Waals surface area contributed by atoms with E-state index >= 15 is 0 Å². The van der Waals surface area contributed by atoms with Gasteiger partial charge in [-0.3, -0.25) is 4.79 Å². The van der Waals surface area contributed by atoms with Crippen LogP contribution in [-0.2, 0) is 0 Å². The van der Waals surface area contributed by atoms with Gasteiger partial charge in [0.1, 0.15) is 5.82 Å². The SMILES string of the molecule is CCCN1CCC(N(C)C(=O)c2ccc(N(CC)C(C)C)nc2)CC1. The van der Waals surface area contributed by atoms with Gasteiger partial charge in [-0.15, -0.1) is 0 Å². The van der Waals surface area contributed by atoms with Gasteiger partial charge in [-0.25, -0.2) is 4.98 Å². The Morgan fingerprint density at radius 3 is 2.44 bits per heavy atom. The minimum absolute atomic E-state index is 0.0839. The maximum absolute atomic E-state index is 12.8. The summed E-state index contributed by atoms with van der Waals surface area (Å²) in [5.41, 5.74) is 0.682. The molecule has 0 bridgehead atoms. The van der Waals surface area contributed by atoms with Crippen molar-refractivity contribution in [3.05, 3.63) is 23.9 Å². The molecule has 0 saturated carbocycles. The number of nitrogens with zero attached hydrogens (tertiary/aromatic N) is 4. The number of aromatic nitrogens is 1. The maximum Gasteiger partial charge on any atom is 0.255 e. The molecule has 25 heavy (non-hydrogen) atoms. The highest BCUT2D eigenvalue weighted by atomic mass is 16.2. The van der Waals surface area contributed by atoms with Gasteiger partial charge < -0.3 is 14.7 Å². The zero-order valence-electron chi connectivity index (χ0n) is 16.5. The van der Waals surface area contributed by atoms with Gasteiger partial charge in [0.05, 0.1) is 5.56 Å². The fourth-order valence-electron chi connectivity index (χ4n) is 3.69. The lowest BCUT2D eigenvalue weighted by molar-refractivity contribution is 0.0642. The molecule has 0 N–H and O–H groups in total. The summed E-state index contributed by atoms with van der Waals surface area (Å²) < 4.78 is 0. The summed E-state index contributed by atoms with van der Waals surface area (Å²) in [6.07, 6.45) is 5.05. The quantitative estimate of drug-likeness (QED) is 0.760. The summed E-state index contributed by atoms with van der Waals surface area (Å²) >= 11 is 0. The molecule has 1 amide bonds. The number of amides is 1. The average molecular weight is 347 g/mol. The van der Waals surface area contributed by atoms with E-state index in [-0.39, 0.29) is 5.91 Å². The van der Waals surface area contributed by atoms with Crippen molar-refractivity contribution in [3.63, 3.8) is 0 Å². The number of hydrogen-bond donors (Lipinski definition) is 0. The van der Waals surface area contributed by atoms with Gasteiger partial charge in [-0.1, -0.05) is 6.92 Å². The second-order valence-corrected chi connectivity index (χ2v) is 7.27. The maximum atomic E-state index is 12.8. The third kappa shape index (κ3) is 4.94. The Labute approximate surface area is 153 Å². The van der Waals surface area contributed by atoms with E-state index in [2.05, 4.69) is 42.5 Å². The van der Waals surface area contributed by atoms with Gasteiger partial charge in [0.15, 0.2) is 0 Å². The fourth-order valence-corrected chi connectivity index (χ4v) is 3.69. The van der Waals surface area contributed by atoms with Crippen molar-refractivity contribution in [3.8, 4) is 0 Å². The molecular weight excluding hydrogens is 312 g/mol. The van der Waals surface area contributed by atoms with Crippen molar-refractivity contribution in [2.75, 3.05) is 38.1 Å². The highest BCUT2D eigenvalue weighted by Gasteiger charge is 2.26. The van der Waals surface area contributed by atoms with Gasteiger partial charge >= 0.3 is 0 Å². The third-order valence-electron chi connectivity index (χ3n) is 5.22. The zero-order chi connectivity index (χ0) is 18.4. The molecule has 5 nitrogen and oxygen atoms in total. The Bertz CT molecular complexity index is 535. The highest BCUT2D eigenvalue weighted by molar-refractivity contribution is 5.94. The normalized spacial score (nSPS) is 16.2. The zero-order valence-corrected chi connectivity index (χ0v) is 16.5. The van der Waals surface area contributed by atoms with Crippen LogP contribution in [0.25, 0.3) is 0 Å². The molecule has 2 rings (SSSR count). The average Bonchev–Trinajstić information content (AvgIpc) is 2.62. The molecule has 1 aliphatic rings. The van der Waals surface area contributed by atoms with Crippen LogP contribution in [0.4, 0.5) is 5.82 Å². The van der Waals surface area contributed by atoms with Gasteiger partial charge in [0, 0.05) is 45.0 Å². The van der Waals surface area contributed by atoms with Crippen molar-refractivity contribution in [2.45, 2.75) is 59.0 Å². The van der Waals surface area contributed by atoms with Crippen LogP contribution in [0.2, 0.25) is 0 Å². The summed E-state index contributed by atoms with van der Waals surface area (Å²) in [6.45, 7) is 12.9. The van der Waals surface area contributed by atoms with Crippen LogP contribution in [-0.4, -0.2) is 66.0 Å². The van der Waals surface area contributed by atoms with Gasteiger partial charge in [-0.05, 0) is 58.7 Å². The fraction of sp³-hybridized carbons (Fsp3) is 0.700. The summed E-state index contributed by atoms with van der Waals surface area (Å²) in [5, 5.41) is 0. The summed E-state index contributed by atoms with van der Waals surface area (Å²) in [7, 11) is 1.93. The van der Waals surface area contributed by atoms with Crippen molar-refractivity contribution < 1.29 is 4.79 Å². The Morgan fingerprint density at radius 2 is 1.96 bits per heavy atom. The van der Waals surface area contributed by atoms with E-state index in [0.29, 0.717) is 17.6 Å². The van der Waals surface area contributed by atoms with Crippen molar-refractivity contribution >= 4 is 11.7 Å². The largest absolute Gasteiger partial charge is 0.354 e. The molecule has 0 aromatic carbocycles.